The number of methoxy groups -OCH3 is 1. The Morgan fingerprint density at radius 1 is 1.10 bits per heavy atom. The Morgan fingerprint density at radius 2 is 1.84 bits per heavy atom. The third-order valence-electron chi connectivity index (χ3n) is 11.1. The van der Waals surface area contributed by atoms with E-state index < -0.39 is 19.8 Å². The molecule has 1 spiro atoms. The molecule has 2 saturated heterocycles. The molecule has 0 aromatic heterocycles. The molecule has 0 radical (unpaired) electrons. The summed E-state index contributed by atoms with van der Waals surface area (Å²) in [6.45, 7) is 11.9. The van der Waals surface area contributed by atoms with Gasteiger partial charge >= 0.3 is 0 Å². The zero-order valence-corrected chi connectivity index (χ0v) is 30.6. The summed E-state index contributed by atoms with van der Waals surface area (Å²) >= 11 is 0. The van der Waals surface area contributed by atoms with E-state index in [9.17, 15) is 19.5 Å². The lowest BCUT2D eigenvalue weighted by atomic mass is 9.82. The maximum Gasteiger partial charge on any atom is 0.264 e. The summed E-state index contributed by atoms with van der Waals surface area (Å²) in [6, 6.07) is 23.7. The van der Waals surface area contributed by atoms with Gasteiger partial charge in [-0.1, -0.05) is 73.7 Å². The molecule has 6 rings (SSSR count). The predicted octanol–water partition coefficient (Wildman–Crippen LogP) is 5.37. The molecule has 2 fully saturated rings. The van der Waals surface area contributed by atoms with Crippen LogP contribution < -0.4 is 19.7 Å². The Hall–Kier alpha value is -4.25. The first kappa shape index (κ1) is 35.6. The van der Waals surface area contributed by atoms with Crippen LogP contribution in [0.3, 0.4) is 0 Å². The van der Waals surface area contributed by atoms with E-state index in [1.54, 1.807) is 23.0 Å². The second-order valence-electron chi connectivity index (χ2n) is 14.3. The average Bonchev–Trinajstić information content (AvgIpc) is 3.54. The van der Waals surface area contributed by atoms with Crippen LogP contribution in [0.4, 0.5) is 11.4 Å². The van der Waals surface area contributed by atoms with Crippen molar-refractivity contribution in [1.82, 2.24) is 4.90 Å². The lowest BCUT2D eigenvalue weighted by Gasteiger charge is -2.37. The minimum Gasteiger partial charge on any atom is -0.497 e. The number of hydrogen-bond acceptors (Lipinski definition) is 6. The SMILES string of the molecule is C=CCN1C(=O)[C@]2(O[C@H](CC(=O)N(CCO)Cc3ccccc3)[C@@H]([Si](C)(C)c3ccc(OC)cc3)[C@@H]2C)c2cc(N3CCCCC3=O)ccc21. The number of carbonyl (C=O) groups excluding carboxylic acids is 3. The first-order valence-corrected chi connectivity index (χ1v) is 20.8. The van der Waals surface area contributed by atoms with Gasteiger partial charge < -0.3 is 29.3 Å². The Balaban J connectivity index is 1.45. The Morgan fingerprint density at radius 3 is 2.50 bits per heavy atom. The van der Waals surface area contributed by atoms with Gasteiger partial charge in [0.2, 0.25) is 11.8 Å². The molecule has 3 heterocycles. The summed E-state index contributed by atoms with van der Waals surface area (Å²) in [4.78, 5) is 47.4. The van der Waals surface area contributed by atoms with Crippen molar-refractivity contribution in [3.05, 3.63) is 96.6 Å². The minimum absolute atomic E-state index is 0.0601. The van der Waals surface area contributed by atoms with Crippen LogP contribution in [0.5, 0.6) is 5.75 Å². The molecule has 3 aromatic rings. The highest BCUT2D eigenvalue weighted by Gasteiger charge is 2.66. The van der Waals surface area contributed by atoms with Crippen molar-refractivity contribution < 1.29 is 29.0 Å². The van der Waals surface area contributed by atoms with Crippen LogP contribution in [0.1, 0.15) is 43.7 Å². The first-order valence-electron chi connectivity index (χ1n) is 17.7. The van der Waals surface area contributed by atoms with Crippen molar-refractivity contribution >= 4 is 42.4 Å². The number of fused-ring (bicyclic) bond motifs is 2. The number of rotatable bonds is 12. The summed E-state index contributed by atoms with van der Waals surface area (Å²) in [7, 11) is -0.854. The molecular formula is C40H49N3O6Si. The van der Waals surface area contributed by atoms with E-state index in [1.165, 1.54) is 5.19 Å². The van der Waals surface area contributed by atoms with Crippen LogP contribution in [-0.2, 0) is 31.3 Å². The van der Waals surface area contributed by atoms with Gasteiger partial charge in [0, 0.05) is 49.8 Å². The fraction of sp³-hybridized carbons (Fsp3) is 0.425. The molecule has 1 N–H and O–H groups in total. The van der Waals surface area contributed by atoms with Gasteiger partial charge in [0.05, 0.1) is 40.0 Å². The van der Waals surface area contributed by atoms with Crippen molar-refractivity contribution in [2.45, 2.75) is 69.5 Å². The zero-order valence-electron chi connectivity index (χ0n) is 29.6. The highest BCUT2D eigenvalue weighted by atomic mass is 28.3. The van der Waals surface area contributed by atoms with Crippen molar-refractivity contribution in [2.75, 3.05) is 43.2 Å². The van der Waals surface area contributed by atoms with Crippen LogP contribution >= 0.6 is 0 Å². The molecule has 3 aromatic carbocycles. The second kappa shape index (κ2) is 14.5. The number of nitrogens with zero attached hydrogens (tertiary/aromatic N) is 3. The second-order valence-corrected chi connectivity index (χ2v) is 19.0. The zero-order chi connectivity index (χ0) is 35.6. The molecule has 3 aliphatic rings. The third kappa shape index (κ3) is 6.29. The topological polar surface area (TPSA) is 99.6 Å². The molecule has 0 bridgehead atoms. The molecule has 10 heteroatoms. The number of aliphatic hydroxyl groups excluding tert-OH is 1. The Bertz CT molecular complexity index is 1730. The van der Waals surface area contributed by atoms with Crippen LogP contribution in [0.2, 0.25) is 18.6 Å². The number of ether oxygens (including phenoxy) is 2. The molecule has 0 aliphatic carbocycles. The highest BCUT2D eigenvalue weighted by molar-refractivity contribution is 6.91. The lowest BCUT2D eigenvalue weighted by molar-refractivity contribution is -0.149. The number of aliphatic hydroxyl groups is 1. The van der Waals surface area contributed by atoms with Crippen molar-refractivity contribution in [1.29, 1.82) is 0 Å². The Labute approximate surface area is 296 Å². The molecule has 0 saturated carbocycles. The number of carbonyl (C=O) groups is 3. The fourth-order valence-corrected chi connectivity index (χ4v) is 12.6. The quantitative estimate of drug-likeness (QED) is 0.202. The Kier molecular flexibility index (Phi) is 10.3. The molecule has 4 atom stereocenters. The van der Waals surface area contributed by atoms with Crippen LogP contribution in [-0.4, -0.2) is 75.3 Å². The first-order chi connectivity index (χ1) is 24.1. The van der Waals surface area contributed by atoms with Gasteiger partial charge in [0.1, 0.15) is 5.75 Å². The summed E-state index contributed by atoms with van der Waals surface area (Å²) in [5, 5.41) is 11.1. The van der Waals surface area contributed by atoms with Crippen molar-refractivity contribution in [3.63, 3.8) is 0 Å². The number of hydrogen-bond donors (Lipinski definition) is 1. The van der Waals surface area contributed by atoms with Gasteiger partial charge in [-0.2, -0.15) is 0 Å². The standard InChI is InChI=1S/C40H49N3O6Si/c1-6-21-43-34-20-15-30(42-22-11-10-14-36(42)45)25-33(34)40(39(43)47)28(2)38(50(4,5)32-18-16-31(48-3)17-19-32)35(49-40)26-37(46)41(23-24-44)27-29-12-8-7-9-13-29/h6-9,12-13,15-20,25,28,35,38,44H,1,10-11,14,21-24,26-27H2,2-5H3/t28-,35+,38-,40+/m0/s1. The number of amides is 3. The average molecular weight is 696 g/mol. The molecule has 3 amide bonds. The molecule has 50 heavy (non-hydrogen) atoms. The highest BCUT2D eigenvalue weighted by Crippen LogP contribution is 2.60. The number of piperidine rings is 1. The largest absolute Gasteiger partial charge is 0.497 e. The van der Waals surface area contributed by atoms with Gasteiger partial charge in [-0.25, -0.2) is 0 Å². The third-order valence-corrected chi connectivity index (χ3v) is 15.4. The maximum absolute atomic E-state index is 14.9. The van der Waals surface area contributed by atoms with E-state index in [4.69, 9.17) is 9.47 Å². The van der Waals surface area contributed by atoms with Crippen molar-refractivity contribution in [2.24, 2.45) is 5.92 Å². The van der Waals surface area contributed by atoms with E-state index in [0.717, 1.165) is 41.1 Å². The van der Waals surface area contributed by atoms with E-state index in [0.29, 0.717) is 26.1 Å². The monoisotopic (exact) mass is 695 g/mol. The summed E-state index contributed by atoms with van der Waals surface area (Å²) in [5.41, 5.74) is 1.71. The number of anilines is 2. The minimum atomic E-state index is -2.50. The van der Waals surface area contributed by atoms with E-state index in [-0.39, 0.29) is 48.8 Å². The molecule has 0 unspecified atom stereocenters. The van der Waals surface area contributed by atoms with E-state index in [1.807, 2.05) is 65.6 Å². The molecular weight excluding hydrogens is 647 g/mol. The summed E-state index contributed by atoms with van der Waals surface area (Å²) < 4.78 is 12.7. The molecule has 9 nitrogen and oxygen atoms in total. The van der Waals surface area contributed by atoms with Gasteiger partial charge in [-0.05, 0) is 54.3 Å². The van der Waals surface area contributed by atoms with Gasteiger partial charge in [-0.3, -0.25) is 14.4 Å². The van der Waals surface area contributed by atoms with Crippen LogP contribution in [0, 0.1) is 5.92 Å². The molecule has 3 aliphatic heterocycles. The van der Waals surface area contributed by atoms with Crippen molar-refractivity contribution in [3.8, 4) is 5.75 Å². The maximum atomic E-state index is 14.9. The fourth-order valence-electron chi connectivity index (χ4n) is 8.58. The van der Waals surface area contributed by atoms with Gasteiger partial charge in [-0.15, -0.1) is 6.58 Å². The van der Waals surface area contributed by atoms with Crippen LogP contribution in [0.25, 0.3) is 0 Å². The van der Waals surface area contributed by atoms with Gasteiger partial charge in [0.25, 0.3) is 5.91 Å². The normalized spacial score (nSPS) is 23.3. The summed E-state index contributed by atoms with van der Waals surface area (Å²) in [5.74, 6) is 0.228. The van der Waals surface area contributed by atoms with Gasteiger partial charge in [0.15, 0.2) is 5.60 Å². The smallest absolute Gasteiger partial charge is 0.264 e. The van der Waals surface area contributed by atoms with E-state index in [2.05, 4.69) is 38.7 Å². The lowest BCUT2D eigenvalue weighted by Crippen LogP contribution is -2.52. The van der Waals surface area contributed by atoms with E-state index >= 15 is 0 Å². The molecule has 264 valence electrons. The summed E-state index contributed by atoms with van der Waals surface area (Å²) in [6.07, 6.45) is 3.48. The number of benzene rings is 3. The van der Waals surface area contributed by atoms with Crippen LogP contribution in [0.15, 0.2) is 85.5 Å². The predicted molar refractivity (Wildman–Crippen MR) is 198 cm³/mol.